The molecule has 0 spiro atoms. The predicted octanol–water partition coefficient (Wildman–Crippen LogP) is 1.17. The quantitative estimate of drug-likeness (QED) is 0.554. The minimum Gasteiger partial charge on any atom is -0.354 e. The number of nitrogens with zero attached hydrogens (tertiary/aromatic N) is 2. The zero-order valence-corrected chi connectivity index (χ0v) is 17.3. The standard InChI is InChI=1S/C19H36N4O2S/c1-3-22(4-2)11-12-26-15-18(24)23-10-6-7-16(14-23)13-21-19(25)17-8-5-9-20-17/h16-17,20H,3-15H2,1-2H3,(H,21,25). The van der Waals surface area contributed by atoms with Crippen molar-refractivity contribution in [3.63, 3.8) is 0 Å². The average molecular weight is 385 g/mol. The largest absolute Gasteiger partial charge is 0.354 e. The van der Waals surface area contributed by atoms with Crippen LogP contribution in [0.1, 0.15) is 39.5 Å². The van der Waals surface area contributed by atoms with E-state index in [9.17, 15) is 9.59 Å². The zero-order chi connectivity index (χ0) is 18.8. The number of nitrogens with one attached hydrogen (secondary N) is 2. The van der Waals surface area contributed by atoms with Crippen LogP contribution in [0.4, 0.5) is 0 Å². The van der Waals surface area contributed by atoms with E-state index < -0.39 is 0 Å². The predicted molar refractivity (Wildman–Crippen MR) is 108 cm³/mol. The maximum Gasteiger partial charge on any atom is 0.237 e. The minimum atomic E-state index is -0.0152. The maximum absolute atomic E-state index is 12.5. The van der Waals surface area contributed by atoms with Gasteiger partial charge in [-0.1, -0.05) is 13.8 Å². The highest BCUT2D eigenvalue weighted by Crippen LogP contribution is 2.17. The van der Waals surface area contributed by atoms with Crippen LogP contribution in [0.3, 0.4) is 0 Å². The van der Waals surface area contributed by atoms with Crippen LogP contribution >= 0.6 is 11.8 Å². The molecule has 2 rings (SSSR count). The first-order valence-electron chi connectivity index (χ1n) is 10.2. The molecule has 2 aliphatic rings. The van der Waals surface area contributed by atoms with Crippen LogP contribution in [0.25, 0.3) is 0 Å². The summed E-state index contributed by atoms with van der Waals surface area (Å²) in [6, 6.07) is -0.0152. The van der Waals surface area contributed by atoms with Crippen molar-refractivity contribution in [1.82, 2.24) is 20.4 Å². The lowest BCUT2D eigenvalue weighted by molar-refractivity contribution is -0.130. The van der Waals surface area contributed by atoms with Crippen molar-refractivity contribution in [3.05, 3.63) is 0 Å². The molecular weight excluding hydrogens is 348 g/mol. The van der Waals surface area contributed by atoms with Crippen molar-refractivity contribution in [1.29, 1.82) is 0 Å². The molecule has 2 fully saturated rings. The molecule has 2 amide bonds. The Kier molecular flexibility index (Phi) is 9.78. The van der Waals surface area contributed by atoms with Gasteiger partial charge in [0.1, 0.15) is 0 Å². The van der Waals surface area contributed by atoms with Crippen molar-refractivity contribution in [3.8, 4) is 0 Å². The number of amides is 2. The Morgan fingerprint density at radius 2 is 2.04 bits per heavy atom. The number of thioether (sulfide) groups is 1. The third-order valence-electron chi connectivity index (χ3n) is 5.49. The fourth-order valence-electron chi connectivity index (χ4n) is 3.72. The number of piperidine rings is 1. The van der Waals surface area contributed by atoms with Crippen molar-refractivity contribution in [2.75, 3.05) is 57.3 Å². The summed E-state index contributed by atoms with van der Waals surface area (Å²) in [5, 5.41) is 6.31. The Balaban J connectivity index is 1.63. The summed E-state index contributed by atoms with van der Waals surface area (Å²) in [6.07, 6.45) is 4.15. The molecule has 0 saturated carbocycles. The van der Waals surface area contributed by atoms with Gasteiger partial charge in [0, 0.05) is 31.9 Å². The van der Waals surface area contributed by atoms with Gasteiger partial charge in [0.2, 0.25) is 11.8 Å². The second-order valence-corrected chi connectivity index (χ2v) is 8.43. The molecule has 0 radical (unpaired) electrons. The van der Waals surface area contributed by atoms with Crippen LogP contribution in [-0.4, -0.2) is 85.0 Å². The van der Waals surface area contributed by atoms with E-state index in [1.54, 1.807) is 11.8 Å². The summed E-state index contributed by atoms with van der Waals surface area (Å²) in [5.74, 6) is 2.35. The Bertz CT molecular complexity index is 439. The van der Waals surface area contributed by atoms with E-state index in [1.807, 2.05) is 4.90 Å². The summed E-state index contributed by atoms with van der Waals surface area (Å²) >= 11 is 1.74. The molecule has 150 valence electrons. The molecular formula is C19H36N4O2S. The van der Waals surface area contributed by atoms with E-state index in [0.717, 1.165) is 70.7 Å². The van der Waals surface area contributed by atoms with Gasteiger partial charge < -0.3 is 20.4 Å². The zero-order valence-electron chi connectivity index (χ0n) is 16.5. The molecule has 6 nitrogen and oxygen atoms in total. The molecule has 2 heterocycles. The third kappa shape index (κ3) is 7.08. The fraction of sp³-hybridized carbons (Fsp3) is 0.895. The molecule has 7 heteroatoms. The Morgan fingerprint density at radius 3 is 2.73 bits per heavy atom. The van der Waals surface area contributed by atoms with Crippen LogP contribution in [0.5, 0.6) is 0 Å². The lowest BCUT2D eigenvalue weighted by atomic mass is 9.98. The SMILES string of the molecule is CCN(CC)CCSCC(=O)N1CCCC(CNC(=O)C2CCCN2)C1. The monoisotopic (exact) mass is 384 g/mol. The molecule has 0 aromatic heterocycles. The highest BCUT2D eigenvalue weighted by molar-refractivity contribution is 7.99. The second-order valence-electron chi connectivity index (χ2n) is 7.32. The van der Waals surface area contributed by atoms with Crippen LogP contribution in [0, 0.1) is 5.92 Å². The summed E-state index contributed by atoms with van der Waals surface area (Å²) in [4.78, 5) is 29.0. The van der Waals surface area contributed by atoms with Crippen molar-refractivity contribution in [2.45, 2.75) is 45.6 Å². The molecule has 0 aromatic rings. The lowest BCUT2D eigenvalue weighted by Crippen LogP contribution is -2.47. The highest BCUT2D eigenvalue weighted by atomic mass is 32.2. The Morgan fingerprint density at radius 1 is 1.23 bits per heavy atom. The Labute approximate surface area is 162 Å². The van der Waals surface area contributed by atoms with Gasteiger partial charge >= 0.3 is 0 Å². The van der Waals surface area contributed by atoms with E-state index in [4.69, 9.17) is 0 Å². The molecule has 0 bridgehead atoms. The first kappa shape index (κ1) is 21.5. The van der Waals surface area contributed by atoms with Gasteiger partial charge in [-0.05, 0) is 51.2 Å². The fourth-order valence-corrected chi connectivity index (χ4v) is 4.61. The second kappa shape index (κ2) is 11.8. The minimum absolute atomic E-state index is 0.0152. The van der Waals surface area contributed by atoms with Gasteiger partial charge in [0.25, 0.3) is 0 Å². The lowest BCUT2D eigenvalue weighted by Gasteiger charge is -2.33. The molecule has 2 atom stereocenters. The van der Waals surface area contributed by atoms with Crippen LogP contribution in [0.2, 0.25) is 0 Å². The number of hydrogen-bond acceptors (Lipinski definition) is 5. The number of carbonyl (C=O) groups is 2. The molecule has 26 heavy (non-hydrogen) atoms. The molecule has 2 N–H and O–H groups in total. The van der Waals surface area contributed by atoms with Gasteiger partial charge in [-0.3, -0.25) is 9.59 Å². The number of carbonyl (C=O) groups excluding carboxylic acids is 2. The summed E-state index contributed by atoms with van der Waals surface area (Å²) in [6.45, 7) is 10.8. The average Bonchev–Trinajstić information content (AvgIpc) is 3.21. The van der Waals surface area contributed by atoms with E-state index in [-0.39, 0.29) is 17.9 Å². The van der Waals surface area contributed by atoms with E-state index in [1.165, 1.54) is 0 Å². The summed E-state index contributed by atoms with van der Waals surface area (Å²) < 4.78 is 0. The first-order chi connectivity index (χ1) is 12.6. The highest BCUT2D eigenvalue weighted by Gasteiger charge is 2.26. The van der Waals surface area contributed by atoms with E-state index in [2.05, 4.69) is 29.4 Å². The van der Waals surface area contributed by atoms with Crippen molar-refractivity contribution < 1.29 is 9.59 Å². The normalized spacial score (nSPS) is 23.4. The number of likely N-dealkylation sites (tertiary alicyclic amines) is 1. The van der Waals surface area contributed by atoms with Gasteiger partial charge in [-0.15, -0.1) is 0 Å². The van der Waals surface area contributed by atoms with E-state index in [0.29, 0.717) is 18.2 Å². The molecule has 2 aliphatic heterocycles. The molecule has 0 aromatic carbocycles. The van der Waals surface area contributed by atoms with Gasteiger partial charge in [-0.2, -0.15) is 11.8 Å². The van der Waals surface area contributed by atoms with Crippen LogP contribution in [-0.2, 0) is 9.59 Å². The smallest absolute Gasteiger partial charge is 0.237 e. The molecule has 2 unspecified atom stereocenters. The van der Waals surface area contributed by atoms with Crippen molar-refractivity contribution in [2.24, 2.45) is 5.92 Å². The number of hydrogen-bond donors (Lipinski definition) is 2. The molecule has 0 aliphatic carbocycles. The van der Waals surface area contributed by atoms with Gasteiger partial charge in [0.15, 0.2) is 0 Å². The summed E-state index contributed by atoms with van der Waals surface area (Å²) in [7, 11) is 0. The van der Waals surface area contributed by atoms with Crippen LogP contribution in [0.15, 0.2) is 0 Å². The van der Waals surface area contributed by atoms with E-state index >= 15 is 0 Å². The third-order valence-corrected chi connectivity index (χ3v) is 6.41. The first-order valence-corrected chi connectivity index (χ1v) is 11.4. The van der Waals surface area contributed by atoms with Gasteiger partial charge in [-0.25, -0.2) is 0 Å². The summed E-state index contributed by atoms with van der Waals surface area (Å²) in [5.41, 5.74) is 0. The topological polar surface area (TPSA) is 64.7 Å². The van der Waals surface area contributed by atoms with Crippen molar-refractivity contribution >= 4 is 23.6 Å². The van der Waals surface area contributed by atoms with Crippen LogP contribution < -0.4 is 10.6 Å². The molecule has 2 saturated heterocycles. The maximum atomic E-state index is 12.5. The Hall–Kier alpha value is -0.790. The number of rotatable bonds is 10. The van der Waals surface area contributed by atoms with Gasteiger partial charge in [0.05, 0.1) is 11.8 Å².